The van der Waals surface area contributed by atoms with Crippen molar-refractivity contribution in [3.63, 3.8) is 0 Å². The van der Waals surface area contributed by atoms with Crippen molar-refractivity contribution in [2.45, 2.75) is 109 Å². The van der Waals surface area contributed by atoms with Gasteiger partial charge in [-0.3, -0.25) is 0 Å². The van der Waals surface area contributed by atoms with Crippen molar-refractivity contribution in [3.05, 3.63) is 59.7 Å². The molecular weight excluding hydrogens is 400 g/mol. The fraction of sp³-hybridized carbons (Fsp3) is 0.613. The quantitative estimate of drug-likeness (QED) is 0.355. The van der Waals surface area contributed by atoms with Crippen molar-refractivity contribution < 1.29 is 0 Å². The van der Waals surface area contributed by atoms with E-state index in [0.29, 0.717) is 5.41 Å². The summed E-state index contributed by atoms with van der Waals surface area (Å²) in [6.07, 6.45) is 15.8. The highest BCUT2D eigenvalue weighted by molar-refractivity contribution is 6.37. The molecule has 2 aliphatic carbocycles. The van der Waals surface area contributed by atoms with Crippen LogP contribution < -0.4 is 0 Å². The zero-order valence-electron chi connectivity index (χ0n) is 21.0. The summed E-state index contributed by atoms with van der Waals surface area (Å²) in [5, 5.41) is 0. The summed E-state index contributed by atoms with van der Waals surface area (Å²) in [7, 11) is 0.220. The largest absolute Gasteiger partial charge is 0.0683 e. The van der Waals surface area contributed by atoms with Crippen LogP contribution in [0, 0.1) is 11.3 Å². The third-order valence-electron chi connectivity index (χ3n) is 9.30. The van der Waals surface area contributed by atoms with E-state index < -0.39 is 0 Å². The molecule has 4 rings (SSSR count). The van der Waals surface area contributed by atoms with Gasteiger partial charge in [0.25, 0.3) is 0 Å². The minimum atomic E-state index is 0.220. The predicted octanol–water partition coefficient (Wildman–Crippen LogP) is 8.95. The number of hydrogen-bond acceptors (Lipinski definition) is 0. The summed E-state index contributed by atoms with van der Waals surface area (Å²) in [4.78, 5) is 0. The van der Waals surface area contributed by atoms with Crippen LogP contribution in [0.2, 0.25) is 11.6 Å². The zero-order chi connectivity index (χ0) is 22.4. The summed E-state index contributed by atoms with van der Waals surface area (Å²) < 4.78 is 0. The molecule has 0 nitrogen and oxygen atoms in total. The van der Waals surface area contributed by atoms with Gasteiger partial charge in [-0.25, -0.2) is 0 Å². The van der Waals surface area contributed by atoms with Gasteiger partial charge >= 0.3 is 0 Å². The Morgan fingerprint density at radius 3 is 1.88 bits per heavy atom. The van der Waals surface area contributed by atoms with Gasteiger partial charge in [0.15, 0.2) is 0 Å². The molecule has 174 valence electrons. The Morgan fingerprint density at radius 1 is 0.750 bits per heavy atom. The topological polar surface area (TPSA) is 0 Å². The van der Waals surface area contributed by atoms with E-state index in [9.17, 15) is 0 Å². The maximum absolute atomic E-state index is 2.50. The van der Waals surface area contributed by atoms with Crippen LogP contribution in [-0.2, 0) is 6.42 Å². The van der Waals surface area contributed by atoms with E-state index in [4.69, 9.17) is 0 Å². The molecule has 0 radical (unpaired) electrons. The molecule has 0 heterocycles. The van der Waals surface area contributed by atoms with Gasteiger partial charge in [0, 0.05) is 9.52 Å². The van der Waals surface area contributed by atoms with Gasteiger partial charge < -0.3 is 0 Å². The molecule has 0 saturated heterocycles. The fourth-order valence-corrected chi connectivity index (χ4v) is 8.94. The van der Waals surface area contributed by atoms with E-state index in [2.05, 4.69) is 69.3 Å². The Morgan fingerprint density at radius 2 is 1.34 bits per heavy atom. The second-order valence-corrected chi connectivity index (χ2v) is 13.8. The first kappa shape index (κ1) is 23.8. The highest BCUT2D eigenvalue weighted by Crippen LogP contribution is 2.54. The van der Waals surface area contributed by atoms with Gasteiger partial charge in [-0.05, 0) is 84.5 Å². The molecule has 0 bridgehead atoms. The minimum absolute atomic E-state index is 0.220. The van der Waals surface area contributed by atoms with Gasteiger partial charge in [0.05, 0.1) is 0 Å². The van der Waals surface area contributed by atoms with Crippen molar-refractivity contribution in [3.8, 4) is 11.1 Å². The lowest BCUT2D eigenvalue weighted by Gasteiger charge is -2.48. The van der Waals surface area contributed by atoms with Crippen molar-refractivity contribution >= 4 is 9.52 Å². The average molecular weight is 447 g/mol. The molecular formula is C31H46Si. The van der Waals surface area contributed by atoms with Crippen LogP contribution in [0.1, 0.15) is 102 Å². The highest BCUT2D eigenvalue weighted by atomic mass is 28.2. The molecule has 2 saturated carbocycles. The van der Waals surface area contributed by atoms with Crippen LogP contribution in [0.3, 0.4) is 0 Å². The molecule has 0 aliphatic heterocycles. The zero-order valence-corrected chi connectivity index (χ0v) is 22.5. The third kappa shape index (κ3) is 5.41. The average Bonchev–Trinajstić information content (AvgIpc) is 2.86. The first-order valence-electron chi connectivity index (χ1n) is 13.9. The van der Waals surface area contributed by atoms with Gasteiger partial charge in [-0.1, -0.05) is 107 Å². The number of hydrogen-bond donors (Lipinski definition) is 0. The van der Waals surface area contributed by atoms with E-state index in [1.165, 1.54) is 67.7 Å². The smallest absolute Gasteiger partial charge is 0.0229 e. The first-order chi connectivity index (χ1) is 15.7. The van der Waals surface area contributed by atoms with E-state index in [-0.39, 0.29) is 9.52 Å². The summed E-state index contributed by atoms with van der Waals surface area (Å²) in [6.45, 7) is 7.17. The number of rotatable bonds is 8. The van der Waals surface area contributed by atoms with Crippen molar-refractivity contribution in [1.82, 2.24) is 0 Å². The van der Waals surface area contributed by atoms with Crippen LogP contribution in [0.25, 0.3) is 11.1 Å². The second kappa shape index (κ2) is 11.2. The van der Waals surface area contributed by atoms with E-state index in [0.717, 1.165) is 17.4 Å². The lowest BCUT2D eigenvalue weighted by Crippen LogP contribution is -2.36. The van der Waals surface area contributed by atoms with E-state index in [1.807, 2.05) is 0 Å². The highest BCUT2D eigenvalue weighted by Gasteiger charge is 2.41. The van der Waals surface area contributed by atoms with Gasteiger partial charge in [0.2, 0.25) is 0 Å². The van der Waals surface area contributed by atoms with Crippen LogP contribution in [0.4, 0.5) is 0 Å². The molecule has 0 N–H and O–H groups in total. The molecule has 0 spiro atoms. The molecule has 0 amide bonds. The third-order valence-corrected chi connectivity index (χ3v) is 11.5. The number of benzene rings is 2. The Hall–Kier alpha value is -1.34. The lowest BCUT2D eigenvalue weighted by molar-refractivity contribution is 0.0586. The summed E-state index contributed by atoms with van der Waals surface area (Å²) in [5.74, 6) is 1.78. The molecule has 0 atom stereocenters. The lowest BCUT2D eigenvalue weighted by atomic mass is 9.59. The Bertz CT molecular complexity index is 803. The molecule has 1 heteroatoms. The first-order valence-corrected chi connectivity index (χ1v) is 15.7. The normalized spacial score (nSPS) is 28.9. The summed E-state index contributed by atoms with van der Waals surface area (Å²) in [6, 6.07) is 20.3. The van der Waals surface area contributed by atoms with Crippen LogP contribution in [0.5, 0.6) is 0 Å². The van der Waals surface area contributed by atoms with E-state index in [1.54, 1.807) is 31.2 Å². The predicted molar refractivity (Wildman–Crippen MR) is 145 cm³/mol. The molecule has 32 heavy (non-hydrogen) atoms. The number of aryl methyl sites for hydroxylation is 1. The Labute approximate surface area is 200 Å². The van der Waals surface area contributed by atoms with Crippen molar-refractivity contribution in [1.29, 1.82) is 0 Å². The van der Waals surface area contributed by atoms with Crippen molar-refractivity contribution in [2.75, 3.05) is 0 Å². The standard InChI is InChI=1S/C31H46Si/c1-4-7-24-8-10-25(11-9-24)26-12-14-27(15-13-26)28-16-18-29(19-17-28)31(5-2)22-20-30(21-23-31)32-6-3/h8-15,28-30H,4-7,16-23,32H2,1-3H3. The molecule has 0 unspecified atom stereocenters. The second-order valence-electron chi connectivity index (χ2n) is 11.1. The summed E-state index contributed by atoms with van der Waals surface area (Å²) >= 11 is 0. The maximum atomic E-state index is 2.50. The van der Waals surface area contributed by atoms with Crippen LogP contribution in [-0.4, -0.2) is 9.52 Å². The SMILES string of the molecule is CCCc1ccc(-c2ccc(C3CCC(C4(CC)CCC([SiH2]CC)CC4)CC3)cc2)cc1. The van der Waals surface area contributed by atoms with Crippen molar-refractivity contribution in [2.24, 2.45) is 11.3 Å². The van der Waals surface area contributed by atoms with Crippen LogP contribution in [0.15, 0.2) is 48.5 Å². The molecule has 2 aromatic rings. The minimum Gasteiger partial charge on any atom is -0.0683 e. The maximum Gasteiger partial charge on any atom is 0.0229 e. The van der Waals surface area contributed by atoms with Gasteiger partial charge in [-0.15, -0.1) is 0 Å². The Balaban J connectivity index is 1.34. The molecule has 0 aromatic heterocycles. The molecule has 2 aromatic carbocycles. The van der Waals surface area contributed by atoms with Gasteiger partial charge in [-0.2, -0.15) is 0 Å². The fourth-order valence-electron chi connectivity index (χ4n) is 7.14. The Kier molecular flexibility index (Phi) is 8.32. The monoisotopic (exact) mass is 446 g/mol. The molecule has 2 fully saturated rings. The summed E-state index contributed by atoms with van der Waals surface area (Å²) in [5.41, 5.74) is 7.61. The van der Waals surface area contributed by atoms with E-state index >= 15 is 0 Å². The molecule has 2 aliphatic rings. The van der Waals surface area contributed by atoms with Crippen LogP contribution >= 0.6 is 0 Å². The van der Waals surface area contributed by atoms with Gasteiger partial charge in [0.1, 0.15) is 0 Å².